The fourth-order valence-electron chi connectivity index (χ4n) is 0.999. The average molecular weight is 266 g/mol. The van der Waals surface area contributed by atoms with Crippen molar-refractivity contribution in [2.45, 2.75) is 12.7 Å². The fraction of sp³-hybridized carbons (Fsp3) is 0.250. The number of hydrogen-bond acceptors (Lipinski definition) is 6. The molecular formula is C8H14N2O6S. The highest BCUT2D eigenvalue weighted by Gasteiger charge is 2.04. The van der Waals surface area contributed by atoms with E-state index in [0.29, 0.717) is 16.9 Å². The third kappa shape index (κ3) is 9.53. The molecule has 17 heavy (non-hydrogen) atoms. The van der Waals surface area contributed by atoms with Gasteiger partial charge >= 0.3 is 10.4 Å². The minimum atomic E-state index is -4.67. The molecule has 0 atom stereocenters. The second-order valence-corrected chi connectivity index (χ2v) is 3.99. The molecule has 9 heteroatoms. The van der Waals surface area contributed by atoms with Crippen LogP contribution in [0, 0.1) is 0 Å². The second kappa shape index (κ2) is 6.37. The fourth-order valence-corrected chi connectivity index (χ4v) is 0.999. The van der Waals surface area contributed by atoms with Crippen LogP contribution >= 0.6 is 0 Å². The van der Waals surface area contributed by atoms with Crippen molar-refractivity contribution in [3.8, 4) is 0 Å². The Bertz CT molecular complexity index is 451. The molecule has 1 aromatic rings. The molecule has 0 fully saturated rings. The summed E-state index contributed by atoms with van der Waals surface area (Å²) in [4.78, 5) is 0. The number of hydrogen-bond donors (Lipinski definition) is 6. The van der Waals surface area contributed by atoms with E-state index in [0.717, 1.165) is 0 Å². The lowest BCUT2D eigenvalue weighted by molar-refractivity contribution is -0.0380. The first kappa shape index (κ1) is 15.6. The standard InChI is InChI=1S/C8H12N2O2.H2O4S/c9-6-1-2-7(10)5(3-6)4-8(11)12;1-5(2,3)4/h1-3,8,11-12H,4,9-10H2;(H2,1,2,3,4). The summed E-state index contributed by atoms with van der Waals surface area (Å²) >= 11 is 0. The molecule has 98 valence electrons. The van der Waals surface area contributed by atoms with Gasteiger partial charge < -0.3 is 21.7 Å². The molecule has 1 rings (SSSR count). The molecule has 0 heterocycles. The van der Waals surface area contributed by atoms with E-state index in [9.17, 15) is 0 Å². The Morgan fingerprint density at radius 2 is 1.65 bits per heavy atom. The molecule has 0 aliphatic carbocycles. The Morgan fingerprint density at radius 1 is 1.18 bits per heavy atom. The Hall–Kier alpha value is -1.39. The molecular weight excluding hydrogens is 252 g/mol. The Balaban J connectivity index is 0.000000437. The van der Waals surface area contributed by atoms with Crippen molar-refractivity contribution in [3.63, 3.8) is 0 Å². The Morgan fingerprint density at radius 3 is 2.06 bits per heavy atom. The Kier molecular flexibility index (Phi) is 5.85. The zero-order valence-corrected chi connectivity index (χ0v) is 9.50. The van der Waals surface area contributed by atoms with Crippen molar-refractivity contribution >= 4 is 21.8 Å². The lowest BCUT2D eigenvalue weighted by atomic mass is 10.1. The van der Waals surface area contributed by atoms with Crippen LogP contribution < -0.4 is 11.5 Å². The average Bonchev–Trinajstić information content (AvgIpc) is 2.07. The van der Waals surface area contributed by atoms with Crippen LogP contribution in [0.3, 0.4) is 0 Å². The number of nitrogens with two attached hydrogens (primary N) is 2. The molecule has 0 aromatic heterocycles. The predicted octanol–water partition coefficient (Wildman–Crippen LogP) is -0.949. The minimum absolute atomic E-state index is 0.108. The zero-order chi connectivity index (χ0) is 13.6. The van der Waals surface area contributed by atoms with E-state index in [1.807, 2.05) is 0 Å². The van der Waals surface area contributed by atoms with E-state index >= 15 is 0 Å². The third-order valence-corrected chi connectivity index (χ3v) is 1.57. The molecule has 0 radical (unpaired) electrons. The van der Waals surface area contributed by atoms with Crippen LogP contribution in [0.2, 0.25) is 0 Å². The summed E-state index contributed by atoms with van der Waals surface area (Å²) in [6, 6.07) is 4.95. The molecule has 0 unspecified atom stereocenters. The monoisotopic (exact) mass is 266 g/mol. The van der Waals surface area contributed by atoms with Gasteiger partial charge in [-0.05, 0) is 23.8 Å². The summed E-state index contributed by atoms with van der Waals surface area (Å²) in [5.74, 6) is 0. The molecule has 0 saturated carbocycles. The van der Waals surface area contributed by atoms with E-state index in [1.54, 1.807) is 18.2 Å². The van der Waals surface area contributed by atoms with E-state index in [-0.39, 0.29) is 6.42 Å². The number of aliphatic hydroxyl groups excluding tert-OH is 1. The predicted molar refractivity (Wildman–Crippen MR) is 61.4 cm³/mol. The lowest BCUT2D eigenvalue weighted by Crippen LogP contribution is -2.10. The van der Waals surface area contributed by atoms with Gasteiger partial charge in [-0.25, -0.2) is 0 Å². The third-order valence-electron chi connectivity index (χ3n) is 1.57. The summed E-state index contributed by atoms with van der Waals surface area (Å²) in [5, 5.41) is 17.4. The topological polar surface area (TPSA) is 167 Å². The number of aliphatic hydroxyl groups is 2. The highest BCUT2D eigenvalue weighted by molar-refractivity contribution is 7.79. The number of anilines is 2. The molecule has 0 aliphatic heterocycles. The van der Waals surface area contributed by atoms with E-state index in [1.165, 1.54) is 0 Å². The van der Waals surface area contributed by atoms with Crippen LogP contribution in [0.5, 0.6) is 0 Å². The van der Waals surface area contributed by atoms with Gasteiger partial charge in [0.05, 0.1) is 0 Å². The van der Waals surface area contributed by atoms with Crippen LogP contribution in [0.4, 0.5) is 11.4 Å². The highest BCUT2D eigenvalue weighted by atomic mass is 32.3. The SMILES string of the molecule is Nc1ccc(N)c(CC(O)O)c1.O=S(=O)(O)O. The van der Waals surface area contributed by atoms with Gasteiger partial charge in [-0.2, -0.15) is 8.42 Å². The molecule has 8 nitrogen and oxygen atoms in total. The molecule has 0 aliphatic rings. The number of nitrogen functional groups attached to an aromatic ring is 2. The second-order valence-electron chi connectivity index (χ2n) is 3.09. The quantitative estimate of drug-likeness (QED) is 0.226. The molecule has 0 spiro atoms. The maximum Gasteiger partial charge on any atom is 0.394 e. The summed E-state index contributed by atoms with van der Waals surface area (Å²) in [6.45, 7) is 0. The van der Waals surface area contributed by atoms with Crippen molar-refractivity contribution in [3.05, 3.63) is 23.8 Å². The van der Waals surface area contributed by atoms with Gasteiger partial charge in [0.25, 0.3) is 0 Å². The largest absolute Gasteiger partial charge is 0.399 e. The van der Waals surface area contributed by atoms with Crippen LogP contribution in [-0.4, -0.2) is 34.0 Å². The van der Waals surface area contributed by atoms with Crippen molar-refractivity contribution in [1.82, 2.24) is 0 Å². The molecule has 0 saturated heterocycles. The normalized spacial score (nSPS) is 10.9. The molecule has 8 N–H and O–H groups in total. The first-order valence-electron chi connectivity index (χ1n) is 4.29. The molecule has 1 aromatic carbocycles. The highest BCUT2D eigenvalue weighted by Crippen LogP contribution is 2.16. The molecule has 0 bridgehead atoms. The van der Waals surface area contributed by atoms with Crippen LogP contribution in [0.1, 0.15) is 5.56 Å². The van der Waals surface area contributed by atoms with Crippen molar-refractivity contribution < 1.29 is 27.7 Å². The summed E-state index contributed by atoms with van der Waals surface area (Å²) in [7, 11) is -4.67. The van der Waals surface area contributed by atoms with Gasteiger partial charge in [0.15, 0.2) is 6.29 Å². The van der Waals surface area contributed by atoms with Crippen LogP contribution in [-0.2, 0) is 16.8 Å². The van der Waals surface area contributed by atoms with Crippen LogP contribution in [0.25, 0.3) is 0 Å². The van der Waals surface area contributed by atoms with Crippen molar-refractivity contribution in [1.29, 1.82) is 0 Å². The first-order chi connectivity index (χ1) is 7.59. The smallest absolute Gasteiger partial charge is 0.394 e. The van der Waals surface area contributed by atoms with Crippen LogP contribution in [0.15, 0.2) is 18.2 Å². The first-order valence-corrected chi connectivity index (χ1v) is 5.69. The van der Waals surface area contributed by atoms with Gasteiger partial charge in [-0.1, -0.05) is 0 Å². The van der Waals surface area contributed by atoms with Gasteiger partial charge in [0, 0.05) is 17.8 Å². The lowest BCUT2D eigenvalue weighted by Gasteiger charge is -2.07. The summed E-state index contributed by atoms with van der Waals surface area (Å²) in [5.41, 5.74) is 12.8. The zero-order valence-electron chi connectivity index (χ0n) is 8.68. The van der Waals surface area contributed by atoms with Crippen molar-refractivity contribution in [2.75, 3.05) is 11.5 Å². The maximum atomic E-state index is 8.74. The summed E-state index contributed by atoms with van der Waals surface area (Å²) in [6.07, 6.45) is -1.27. The van der Waals surface area contributed by atoms with Gasteiger partial charge in [-0.15, -0.1) is 0 Å². The van der Waals surface area contributed by atoms with Gasteiger partial charge in [-0.3, -0.25) is 9.11 Å². The maximum absolute atomic E-state index is 8.74. The number of rotatable bonds is 2. The van der Waals surface area contributed by atoms with Gasteiger partial charge in [0.2, 0.25) is 0 Å². The summed E-state index contributed by atoms with van der Waals surface area (Å²) < 4.78 is 31.6. The van der Waals surface area contributed by atoms with Gasteiger partial charge in [0.1, 0.15) is 0 Å². The van der Waals surface area contributed by atoms with E-state index < -0.39 is 16.7 Å². The van der Waals surface area contributed by atoms with Crippen molar-refractivity contribution in [2.24, 2.45) is 0 Å². The molecule has 0 amide bonds. The minimum Gasteiger partial charge on any atom is -0.399 e. The number of benzene rings is 1. The van der Waals surface area contributed by atoms with E-state index in [2.05, 4.69) is 0 Å². The van der Waals surface area contributed by atoms with E-state index in [4.69, 9.17) is 39.2 Å². The Labute approximate surface area is 98.1 Å².